The van der Waals surface area contributed by atoms with Crippen LogP contribution in [0.3, 0.4) is 0 Å². The molecule has 2 heterocycles. The van der Waals surface area contributed by atoms with Gasteiger partial charge in [-0.1, -0.05) is 43.3 Å². The average Bonchev–Trinajstić information content (AvgIpc) is 3.32. The van der Waals surface area contributed by atoms with E-state index in [1.165, 1.54) is 5.56 Å². The molecule has 0 spiro atoms. The fourth-order valence-electron chi connectivity index (χ4n) is 4.37. The summed E-state index contributed by atoms with van der Waals surface area (Å²) in [6, 6.07) is 20.6. The van der Waals surface area contributed by atoms with Gasteiger partial charge in [0.25, 0.3) is 0 Å². The van der Waals surface area contributed by atoms with Gasteiger partial charge < -0.3 is 18.8 Å². The van der Waals surface area contributed by atoms with E-state index in [-0.39, 0.29) is 0 Å². The van der Waals surface area contributed by atoms with E-state index in [4.69, 9.17) is 14.2 Å². The summed E-state index contributed by atoms with van der Waals surface area (Å²) in [4.78, 5) is 0. The van der Waals surface area contributed by atoms with Crippen LogP contribution in [0.2, 0.25) is 0 Å². The first-order valence-corrected chi connectivity index (χ1v) is 11.3. The number of aryl methyl sites for hydroxylation is 1. The van der Waals surface area contributed by atoms with E-state index < -0.39 is 0 Å². The Labute approximate surface area is 199 Å². The summed E-state index contributed by atoms with van der Waals surface area (Å²) in [7, 11) is 4.97. The van der Waals surface area contributed by atoms with Crippen molar-refractivity contribution in [2.24, 2.45) is 0 Å². The molecule has 0 amide bonds. The Kier molecular flexibility index (Phi) is 5.80. The van der Waals surface area contributed by atoms with E-state index in [1.807, 2.05) is 24.3 Å². The maximum absolute atomic E-state index is 5.60. The highest BCUT2D eigenvalue weighted by Gasteiger charge is 2.22. The van der Waals surface area contributed by atoms with Crippen LogP contribution >= 0.6 is 0 Å². The van der Waals surface area contributed by atoms with Gasteiger partial charge in [-0.3, -0.25) is 0 Å². The summed E-state index contributed by atoms with van der Waals surface area (Å²) in [6.45, 7) is 2.81. The van der Waals surface area contributed by atoms with Gasteiger partial charge in [-0.25, -0.2) is 0 Å². The van der Waals surface area contributed by atoms with Crippen molar-refractivity contribution in [3.05, 3.63) is 78.0 Å². The Bertz CT molecular complexity index is 1420. The molecule has 3 aromatic carbocycles. The molecule has 0 N–H and O–H groups in total. The van der Waals surface area contributed by atoms with E-state index in [1.54, 1.807) is 21.3 Å². The van der Waals surface area contributed by atoms with E-state index in [0.717, 1.165) is 51.2 Å². The molecule has 2 aliphatic heterocycles. The molecule has 0 unspecified atom stereocenters. The quantitative estimate of drug-likeness (QED) is 0.310. The molecule has 5 rings (SSSR count). The van der Waals surface area contributed by atoms with E-state index in [0.29, 0.717) is 18.0 Å². The molecule has 0 bridgehead atoms. The summed E-state index contributed by atoms with van der Waals surface area (Å²) in [5.41, 5.74) is 7.16. The minimum absolute atomic E-state index is 0.651. The van der Waals surface area contributed by atoms with Crippen molar-refractivity contribution in [2.45, 2.75) is 19.9 Å². The number of methoxy groups -OCH3 is 3. The Hall–Kier alpha value is -4.06. The maximum atomic E-state index is 5.60. The van der Waals surface area contributed by atoms with Crippen molar-refractivity contribution in [1.82, 2.24) is 14.8 Å². The molecule has 34 heavy (non-hydrogen) atoms. The zero-order valence-electron chi connectivity index (χ0n) is 19.8. The lowest BCUT2D eigenvalue weighted by Crippen LogP contribution is -2.05. The zero-order valence-corrected chi connectivity index (χ0v) is 19.8. The topological polar surface area (TPSA) is 58.4 Å². The molecular weight excluding hydrogens is 426 g/mol. The van der Waals surface area contributed by atoms with Crippen LogP contribution in [0.15, 0.2) is 66.9 Å². The molecule has 0 atom stereocenters. The molecule has 0 aromatic heterocycles. The Morgan fingerprint density at radius 1 is 0.765 bits per heavy atom. The third kappa shape index (κ3) is 3.81. The van der Waals surface area contributed by atoms with Gasteiger partial charge in [-0.05, 0) is 35.7 Å². The van der Waals surface area contributed by atoms with Gasteiger partial charge in [-0.2, -0.15) is 0 Å². The number of fused-ring (bicyclic) bond motifs is 3. The van der Waals surface area contributed by atoms with Gasteiger partial charge in [0, 0.05) is 35.3 Å². The fourth-order valence-corrected chi connectivity index (χ4v) is 4.37. The summed E-state index contributed by atoms with van der Waals surface area (Å²) < 4.78 is 18.8. The van der Waals surface area contributed by atoms with Gasteiger partial charge in [0.05, 0.1) is 26.8 Å². The van der Waals surface area contributed by atoms with Crippen LogP contribution in [0.1, 0.15) is 18.1 Å². The zero-order chi connectivity index (χ0) is 23.7. The summed E-state index contributed by atoms with van der Waals surface area (Å²) >= 11 is 0. The Morgan fingerprint density at radius 3 is 2.21 bits per heavy atom. The largest absolute Gasteiger partial charge is 0.497 e. The smallest absolute Gasteiger partial charge is 0.162 e. The van der Waals surface area contributed by atoms with Crippen LogP contribution in [-0.2, 0) is 13.0 Å². The molecule has 0 aliphatic carbocycles. The lowest BCUT2D eigenvalue weighted by molar-refractivity contribution is 0.355. The normalized spacial score (nSPS) is 11.2. The number of benzene rings is 3. The van der Waals surface area contributed by atoms with Crippen molar-refractivity contribution in [2.75, 3.05) is 21.3 Å². The van der Waals surface area contributed by atoms with E-state index in [2.05, 4.69) is 64.3 Å². The van der Waals surface area contributed by atoms with Gasteiger partial charge in [0.2, 0.25) is 0 Å². The number of hydrogen-bond acceptors (Lipinski definition) is 5. The predicted molar refractivity (Wildman–Crippen MR) is 134 cm³/mol. The van der Waals surface area contributed by atoms with Crippen LogP contribution in [0.4, 0.5) is 0 Å². The number of pyridine rings is 1. The van der Waals surface area contributed by atoms with Gasteiger partial charge in [0.15, 0.2) is 11.5 Å². The SMILES string of the molecule is CCc1ccc(-c2nnc3c4cc(OC)c(OC)cc4n(Cc4cccc(OC)c4)cc2-3)cc1. The predicted octanol–water partition coefficient (Wildman–Crippen LogP) is 5.84. The number of rotatable bonds is 7. The molecule has 0 saturated heterocycles. The van der Waals surface area contributed by atoms with Crippen molar-refractivity contribution in [1.29, 1.82) is 0 Å². The number of aromatic nitrogens is 3. The molecule has 6 nitrogen and oxygen atoms in total. The van der Waals surface area contributed by atoms with Crippen molar-refractivity contribution >= 4 is 10.9 Å². The number of nitrogens with zero attached hydrogens (tertiary/aromatic N) is 3. The highest BCUT2D eigenvalue weighted by Crippen LogP contribution is 2.41. The van der Waals surface area contributed by atoms with Crippen LogP contribution in [-0.4, -0.2) is 36.1 Å². The van der Waals surface area contributed by atoms with Crippen LogP contribution in [0.5, 0.6) is 17.2 Å². The van der Waals surface area contributed by atoms with Gasteiger partial charge >= 0.3 is 0 Å². The second-order valence-electron chi connectivity index (χ2n) is 8.19. The Morgan fingerprint density at radius 2 is 1.50 bits per heavy atom. The highest BCUT2D eigenvalue weighted by molar-refractivity contribution is 5.99. The van der Waals surface area contributed by atoms with E-state index >= 15 is 0 Å². The first kappa shape index (κ1) is 21.8. The average molecular weight is 454 g/mol. The molecule has 0 saturated carbocycles. The Balaban J connectivity index is 1.73. The van der Waals surface area contributed by atoms with Crippen molar-refractivity contribution in [3.8, 4) is 39.8 Å². The molecule has 3 aromatic rings. The molecule has 172 valence electrons. The molecular formula is C28H27N3O3. The third-order valence-electron chi connectivity index (χ3n) is 6.23. The molecule has 6 heteroatoms. The monoisotopic (exact) mass is 453 g/mol. The summed E-state index contributed by atoms with van der Waals surface area (Å²) in [6.07, 6.45) is 3.13. The van der Waals surface area contributed by atoms with Crippen LogP contribution < -0.4 is 14.2 Å². The highest BCUT2D eigenvalue weighted by atomic mass is 16.5. The second kappa shape index (κ2) is 9.06. The van der Waals surface area contributed by atoms with Crippen LogP contribution in [0, 0.1) is 0 Å². The molecule has 2 aliphatic rings. The fraction of sp³-hybridized carbons (Fsp3) is 0.214. The maximum Gasteiger partial charge on any atom is 0.162 e. The summed E-state index contributed by atoms with van der Waals surface area (Å²) in [5, 5.41) is 10.1. The number of ether oxygens (including phenoxy) is 3. The van der Waals surface area contributed by atoms with Gasteiger partial charge in [-0.15, -0.1) is 10.2 Å². The summed E-state index contributed by atoms with van der Waals surface area (Å²) in [5.74, 6) is 2.16. The first-order chi connectivity index (χ1) is 16.6. The van der Waals surface area contributed by atoms with Crippen molar-refractivity contribution < 1.29 is 14.2 Å². The standard InChI is InChI=1S/C28H27N3O3/c1-5-18-9-11-20(12-10-18)27-23-17-31(16-19-7-6-8-21(13-19)32-2)24-15-26(34-4)25(33-3)14-22(24)28(23)30-29-27/h6-15,17H,5,16H2,1-4H3. The minimum Gasteiger partial charge on any atom is -0.497 e. The van der Waals surface area contributed by atoms with Gasteiger partial charge in [0.1, 0.15) is 17.1 Å². The van der Waals surface area contributed by atoms with Crippen molar-refractivity contribution in [3.63, 3.8) is 0 Å². The third-order valence-corrected chi connectivity index (χ3v) is 6.23. The molecule has 0 fully saturated rings. The molecule has 0 radical (unpaired) electrons. The van der Waals surface area contributed by atoms with E-state index in [9.17, 15) is 0 Å². The lowest BCUT2D eigenvalue weighted by Gasteiger charge is -2.18. The first-order valence-electron chi connectivity index (χ1n) is 11.3. The van der Waals surface area contributed by atoms with Crippen LogP contribution in [0.25, 0.3) is 33.4 Å². The number of hydrogen-bond donors (Lipinski definition) is 0. The lowest BCUT2D eigenvalue weighted by atomic mass is 10.00. The minimum atomic E-state index is 0.651. The second-order valence-corrected chi connectivity index (χ2v) is 8.19.